The SMILES string of the molecule is c1ccc(-c2ccc(N(c3ccccc3-c3ccc(N(c4ccccc4)c4ccccc4)cc3)c3ccccc3-c3ccc(N(c4ccccc4)c4ccccc4)cc3)nc2)cc1. The van der Waals surface area contributed by atoms with Gasteiger partial charge in [0.2, 0.25) is 0 Å². The maximum absolute atomic E-state index is 5.20. The molecule has 0 aliphatic carbocycles. The van der Waals surface area contributed by atoms with E-state index in [9.17, 15) is 0 Å². The summed E-state index contributed by atoms with van der Waals surface area (Å²) in [5.41, 5.74) is 15.2. The lowest BCUT2D eigenvalue weighted by molar-refractivity contribution is 1.18. The molecule has 0 saturated carbocycles. The Morgan fingerprint density at radius 2 is 0.540 bits per heavy atom. The van der Waals surface area contributed by atoms with Crippen LogP contribution >= 0.6 is 0 Å². The minimum Gasteiger partial charge on any atom is -0.311 e. The molecule has 0 aliphatic heterocycles. The standard InChI is InChI=1S/C59H44N4/c1-6-20-45(21-7-1)48-38-43-59(60-44-48)63(57-32-18-16-30-55(57)46-34-39-53(40-35-46)61(49-22-8-2-9-23-49)50-24-10-3-11-25-50)58-33-19-17-31-56(58)47-36-41-54(42-37-47)62(51-26-12-4-13-27-51)52-28-14-5-15-29-52/h1-44H. The van der Waals surface area contributed by atoms with Crippen molar-refractivity contribution >= 4 is 51.3 Å². The highest BCUT2D eigenvalue weighted by Crippen LogP contribution is 2.45. The predicted octanol–water partition coefficient (Wildman–Crippen LogP) is 16.5. The molecule has 0 N–H and O–H groups in total. The molecule has 0 aliphatic rings. The molecule has 10 aromatic rings. The lowest BCUT2D eigenvalue weighted by Gasteiger charge is -2.29. The molecule has 0 spiro atoms. The Morgan fingerprint density at radius 3 is 0.905 bits per heavy atom. The predicted molar refractivity (Wildman–Crippen MR) is 265 cm³/mol. The van der Waals surface area contributed by atoms with E-state index in [0.29, 0.717) is 0 Å². The third-order valence-corrected chi connectivity index (χ3v) is 11.3. The first kappa shape index (κ1) is 38.7. The van der Waals surface area contributed by atoms with Crippen LogP contribution in [0.3, 0.4) is 0 Å². The zero-order chi connectivity index (χ0) is 42.2. The largest absolute Gasteiger partial charge is 0.311 e. The van der Waals surface area contributed by atoms with Crippen LogP contribution < -0.4 is 14.7 Å². The van der Waals surface area contributed by atoms with E-state index in [-0.39, 0.29) is 0 Å². The van der Waals surface area contributed by atoms with Gasteiger partial charge in [0.1, 0.15) is 5.82 Å². The van der Waals surface area contributed by atoms with Gasteiger partial charge >= 0.3 is 0 Å². The fraction of sp³-hybridized carbons (Fsp3) is 0. The number of pyridine rings is 1. The van der Waals surface area contributed by atoms with Crippen molar-refractivity contribution in [1.29, 1.82) is 0 Å². The quantitative estimate of drug-likeness (QED) is 0.123. The van der Waals surface area contributed by atoms with E-state index in [4.69, 9.17) is 4.98 Å². The van der Waals surface area contributed by atoms with Crippen LogP contribution in [0.15, 0.2) is 267 Å². The molecule has 0 fully saturated rings. The number of para-hydroxylation sites is 6. The molecule has 0 unspecified atom stereocenters. The summed E-state index contributed by atoms with van der Waals surface area (Å²) < 4.78 is 0. The maximum Gasteiger partial charge on any atom is 0.137 e. The Kier molecular flexibility index (Phi) is 11.1. The monoisotopic (exact) mass is 808 g/mol. The summed E-state index contributed by atoms with van der Waals surface area (Å²) in [7, 11) is 0. The molecule has 0 amide bonds. The topological polar surface area (TPSA) is 22.6 Å². The van der Waals surface area contributed by atoms with Gasteiger partial charge in [-0.25, -0.2) is 4.98 Å². The number of anilines is 9. The number of rotatable bonds is 12. The molecule has 0 atom stereocenters. The normalized spacial score (nSPS) is 10.9. The van der Waals surface area contributed by atoms with E-state index in [1.54, 1.807) is 0 Å². The summed E-state index contributed by atoms with van der Waals surface area (Å²) in [6.07, 6.45) is 1.98. The van der Waals surface area contributed by atoms with Crippen molar-refractivity contribution < 1.29 is 0 Å². The minimum atomic E-state index is 0.821. The molecule has 300 valence electrons. The Labute approximate surface area is 369 Å². The third-order valence-electron chi connectivity index (χ3n) is 11.3. The highest BCUT2D eigenvalue weighted by molar-refractivity contribution is 5.94. The van der Waals surface area contributed by atoms with E-state index in [2.05, 4.69) is 269 Å². The van der Waals surface area contributed by atoms with Crippen LogP contribution in [0, 0.1) is 0 Å². The number of hydrogen-bond donors (Lipinski definition) is 0. The van der Waals surface area contributed by atoms with Gasteiger partial charge in [-0.2, -0.15) is 0 Å². The summed E-state index contributed by atoms with van der Waals surface area (Å²) in [6.45, 7) is 0. The molecule has 1 heterocycles. The van der Waals surface area contributed by atoms with Gasteiger partial charge < -0.3 is 9.80 Å². The van der Waals surface area contributed by atoms with Gasteiger partial charge in [-0.05, 0) is 114 Å². The van der Waals surface area contributed by atoms with Crippen molar-refractivity contribution in [2.45, 2.75) is 0 Å². The van der Waals surface area contributed by atoms with E-state index in [1.807, 2.05) is 12.3 Å². The Morgan fingerprint density at radius 1 is 0.222 bits per heavy atom. The highest BCUT2D eigenvalue weighted by atomic mass is 15.2. The zero-order valence-corrected chi connectivity index (χ0v) is 34.7. The van der Waals surface area contributed by atoms with Crippen LogP contribution in [0.25, 0.3) is 33.4 Å². The van der Waals surface area contributed by atoms with Gasteiger partial charge in [0, 0.05) is 57.0 Å². The average Bonchev–Trinajstić information content (AvgIpc) is 3.37. The van der Waals surface area contributed by atoms with Crippen molar-refractivity contribution in [3.05, 3.63) is 267 Å². The van der Waals surface area contributed by atoms with E-state index in [1.165, 1.54) is 0 Å². The number of benzene rings is 9. The lowest BCUT2D eigenvalue weighted by atomic mass is 9.98. The summed E-state index contributed by atoms with van der Waals surface area (Å²) in [5, 5.41) is 0. The molecule has 1 aromatic heterocycles. The van der Waals surface area contributed by atoms with Crippen molar-refractivity contribution in [3.8, 4) is 33.4 Å². The van der Waals surface area contributed by atoms with Crippen LogP contribution in [0.5, 0.6) is 0 Å². The Balaban J connectivity index is 1.07. The molecule has 63 heavy (non-hydrogen) atoms. The highest BCUT2D eigenvalue weighted by Gasteiger charge is 2.22. The van der Waals surface area contributed by atoms with Crippen LogP contribution in [0.2, 0.25) is 0 Å². The fourth-order valence-electron chi connectivity index (χ4n) is 8.30. The minimum absolute atomic E-state index is 0.821. The molecular weight excluding hydrogens is 765 g/mol. The van der Waals surface area contributed by atoms with Crippen molar-refractivity contribution in [2.24, 2.45) is 0 Å². The second-order valence-electron chi connectivity index (χ2n) is 15.2. The van der Waals surface area contributed by atoms with Gasteiger partial charge in [0.05, 0.1) is 11.4 Å². The Bertz CT molecular complexity index is 2760. The summed E-state index contributed by atoms with van der Waals surface area (Å²) in [4.78, 5) is 12.1. The van der Waals surface area contributed by atoms with E-state index >= 15 is 0 Å². The smallest absolute Gasteiger partial charge is 0.137 e. The van der Waals surface area contributed by atoms with Gasteiger partial charge in [-0.15, -0.1) is 0 Å². The molecule has 0 bridgehead atoms. The van der Waals surface area contributed by atoms with Crippen LogP contribution in [-0.4, -0.2) is 4.98 Å². The number of nitrogens with zero attached hydrogens (tertiary/aromatic N) is 4. The Hall–Kier alpha value is -8.47. The first-order valence-electron chi connectivity index (χ1n) is 21.3. The molecule has 9 aromatic carbocycles. The van der Waals surface area contributed by atoms with Gasteiger partial charge in [0.15, 0.2) is 0 Å². The van der Waals surface area contributed by atoms with Gasteiger partial charge in [0.25, 0.3) is 0 Å². The number of hydrogen-bond acceptors (Lipinski definition) is 4. The summed E-state index contributed by atoms with van der Waals surface area (Å²) in [5.74, 6) is 0.821. The molecule has 4 nitrogen and oxygen atoms in total. The van der Waals surface area contributed by atoms with Gasteiger partial charge in [-0.1, -0.05) is 164 Å². The second-order valence-corrected chi connectivity index (χ2v) is 15.2. The van der Waals surface area contributed by atoms with Crippen LogP contribution in [-0.2, 0) is 0 Å². The maximum atomic E-state index is 5.20. The van der Waals surface area contributed by atoms with Crippen molar-refractivity contribution in [1.82, 2.24) is 4.98 Å². The second kappa shape index (κ2) is 18.0. The van der Waals surface area contributed by atoms with E-state index < -0.39 is 0 Å². The molecule has 10 rings (SSSR count). The molecule has 0 radical (unpaired) electrons. The summed E-state index contributed by atoms with van der Waals surface area (Å²) in [6, 6.07) is 91.9. The number of aromatic nitrogens is 1. The zero-order valence-electron chi connectivity index (χ0n) is 34.7. The van der Waals surface area contributed by atoms with Crippen molar-refractivity contribution in [3.63, 3.8) is 0 Å². The van der Waals surface area contributed by atoms with Crippen LogP contribution in [0.1, 0.15) is 0 Å². The summed E-state index contributed by atoms with van der Waals surface area (Å²) >= 11 is 0. The lowest BCUT2D eigenvalue weighted by Crippen LogP contribution is -2.14. The average molecular weight is 809 g/mol. The van der Waals surface area contributed by atoms with Crippen molar-refractivity contribution in [2.75, 3.05) is 14.7 Å². The molecule has 4 heteroatoms. The third kappa shape index (κ3) is 8.22. The van der Waals surface area contributed by atoms with E-state index in [0.717, 1.165) is 84.7 Å². The first-order valence-corrected chi connectivity index (χ1v) is 21.3. The van der Waals surface area contributed by atoms with Crippen LogP contribution in [0.4, 0.5) is 51.3 Å². The first-order chi connectivity index (χ1) is 31.3. The van der Waals surface area contributed by atoms with Gasteiger partial charge in [-0.3, -0.25) is 4.90 Å². The molecule has 0 saturated heterocycles. The molecular formula is C59H44N4. The fourth-order valence-corrected chi connectivity index (χ4v) is 8.30.